The summed E-state index contributed by atoms with van der Waals surface area (Å²) < 4.78 is 2.33. The van der Waals surface area contributed by atoms with Crippen LogP contribution in [0, 0.1) is 5.92 Å². The maximum Gasteiger partial charge on any atom is 0.161 e. The SMILES string of the molecule is C=C(N=C(N=C(N)C1C=CC=CC1)c1ccccc1)c1ccc(-n2c3ccccc3c3ccccc32)cc1-c1ccccc1. The van der Waals surface area contributed by atoms with Crippen molar-refractivity contribution in [3.8, 4) is 16.8 Å². The van der Waals surface area contributed by atoms with Crippen molar-refractivity contribution >= 4 is 39.2 Å². The highest BCUT2D eigenvalue weighted by Gasteiger charge is 2.17. The molecule has 5 aromatic carbocycles. The van der Waals surface area contributed by atoms with Gasteiger partial charge in [0.15, 0.2) is 5.84 Å². The molecule has 1 unspecified atom stereocenters. The fourth-order valence-electron chi connectivity index (χ4n) is 5.91. The van der Waals surface area contributed by atoms with Gasteiger partial charge < -0.3 is 10.3 Å². The minimum Gasteiger partial charge on any atom is -0.387 e. The molecule has 0 saturated carbocycles. The summed E-state index contributed by atoms with van der Waals surface area (Å²) in [7, 11) is 0. The Morgan fingerprint density at radius 2 is 1.34 bits per heavy atom. The second-order valence-electron chi connectivity index (χ2n) is 10.9. The van der Waals surface area contributed by atoms with Crippen molar-refractivity contribution in [2.24, 2.45) is 21.6 Å². The number of hydrogen-bond donors (Lipinski definition) is 1. The third-order valence-corrected chi connectivity index (χ3v) is 8.11. The molecule has 4 nitrogen and oxygen atoms in total. The molecule has 0 amide bonds. The lowest BCUT2D eigenvalue weighted by Crippen LogP contribution is -2.24. The van der Waals surface area contributed by atoms with Gasteiger partial charge in [-0.2, -0.15) is 0 Å². The molecule has 1 heterocycles. The quantitative estimate of drug-likeness (QED) is 0.158. The third-order valence-electron chi connectivity index (χ3n) is 8.11. The van der Waals surface area contributed by atoms with E-state index < -0.39 is 0 Å². The largest absolute Gasteiger partial charge is 0.387 e. The number of nitrogens with two attached hydrogens (primary N) is 1. The first-order valence-corrected chi connectivity index (χ1v) is 14.9. The van der Waals surface area contributed by atoms with Gasteiger partial charge in [0.05, 0.1) is 16.7 Å². The first kappa shape index (κ1) is 27.1. The van der Waals surface area contributed by atoms with Gasteiger partial charge in [-0.25, -0.2) is 9.98 Å². The average molecular weight is 569 g/mol. The molecule has 44 heavy (non-hydrogen) atoms. The Balaban J connectivity index is 1.38. The summed E-state index contributed by atoms with van der Waals surface area (Å²) in [6.45, 7) is 4.46. The Bertz CT molecular complexity index is 2060. The number of hydrogen-bond acceptors (Lipinski definition) is 1. The van der Waals surface area contributed by atoms with Gasteiger partial charge in [0.2, 0.25) is 0 Å². The minimum atomic E-state index is 0.0348. The van der Waals surface area contributed by atoms with Gasteiger partial charge in [-0.15, -0.1) is 0 Å². The molecule has 0 radical (unpaired) electrons. The van der Waals surface area contributed by atoms with Crippen LogP contribution in [0.4, 0.5) is 0 Å². The fraction of sp³-hybridized carbons (Fsp3) is 0.0500. The van der Waals surface area contributed by atoms with Crippen LogP contribution >= 0.6 is 0 Å². The van der Waals surface area contributed by atoms with Gasteiger partial charge in [-0.1, -0.05) is 134 Å². The average Bonchev–Trinajstić information content (AvgIpc) is 3.43. The van der Waals surface area contributed by atoms with Gasteiger partial charge in [0.1, 0.15) is 5.84 Å². The maximum atomic E-state index is 6.54. The maximum absolute atomic E-state index is 6.54. The summed E-state index contributed by atoms with van der Waals surface area (Å²) in [5.41, 5.74) is 14.5. The first-order valence-electron chi connectivity index (χ1n) is 14.9. The van der Waals surface area contributed by atoms with E-state index in [1.165, 1.54) is 21.8 Å². The number of allylic oxidation sites excluding steroid dienone is 3. The Morgan fingerprint density at radius 1 is 0.705 bits per heavy atom. The molecule has 1 aromatic heterocycles. The standard InChI is InChI=1S/C40H32N4/c1-28(42-40(31-19-9-4-10-20-31)43-39(41)30-17-7-3-8-18-30)33-26-25-32(27-36(33)29-15-5-2-6-16-29)44-37-23-13-11-21-34(37)35-22-12-14-24-38(35)44/h2-17,19-27,30H,1,18H2,(H2,41,42,43). The van der Waals surface area contributed by atoms with Gasteiger partial charge in [-0.3, -0.25) is 0 Å². The minimum absolute atomic E-state index is 0.0348. The number of rotatable bonds is 6. The molecule has 0 aliphatic heterocycles. The van der Waals surface area contributed by atoms with Crippen molar-refractivity contribution in [3.63, 3.8) is 0 Å². The molecule has 0 bridgehead atoms. The lowest BCUT2D eigenvalue weighted by atomic mass is 9.97. The van der Waals surface area contributed by atoms with Crippen LogP contribution in [0.25, 0.3) is 44.3 Å². The Labute approximate surface area is 257 Å². The number of fused-ring (bicyclic) bond motifs is 3. The summed E-state index contributed by atoms with van der Waals surface area (Å²) in [4.78, 5) is 9.90. The molecule has 4 heteroatoms. The lowest BCUT2D eigenvalue weighted by Gasteiger charge is -2.16. The van der Waals surface area contributed by atoms with E-state index in [0.717, 1.165) is 34.4 Å². The first-order chi connectivity index (χ1) is 21.7. The zero-order valence-electron chi connectivity index (χ0n) is 24.3. The number of para-hydroxylation sites is 2. The summed E-state index contributed by atoms with van der Waals surface area (Å²) in [5, 5.41) is 2.46. The summed E-state index contributed by atoms with van der Waals surface area (Å²) >= 11 is 0. The van der Waals surface area contributed by atoms with Crippen LogP contribution in [0.15, 0.2) is 168 Å². The van der Waals surface area contributed by atoms with E-state index in [0.29, 0.717) is 17.4 Å². The smallest absolute Gasteiger partial charge is 0.161 e. The number of aromatic nitrogens is 1. The monoisotopic (exact) mass is 568 g/mol. The van der Waals surface area contributed by atoms with E-state index in [2.05, 4.69) is 114 Å². The number of nitrogens with zero attached hydrogens (tertiary/aromatic N) is 3. The zero-order chi connectivity index (χ0) is 29.9. The van der Waals surface area contributed by atoms with Crippen molar-refractivity contribution < 1.29 is 0 Å². The molecule has 2 N–H and O–H groups in total. The van der Waals surface area contributed by atoms with E-state index in [1.54, 1.807) is 0 Å². The van der Waals surface area contributed by atoms with Gasteiger partial charge in [-0.05, 0) is 41.8 Å². The molecule has 1 aliphatic rings. The van der Waals surface area contributed by atoms with E-state index in [-0.39, 0.29) is 5.92 Å². The van der Waals surface area contributed by atoms with Crippen LogP contribution < -0.4 is 5.73 Å². The fourth-order valence-corrected chi connectivity index (χ4v) is 5.91. The molecule has 1 atom stereocenters. The van der Waals surface area contributed by atoms with E-state index >= 15 is 0 Å². The summed E-state index contributed by atoms with van der Waals surface area (Å²) in [6, 6.07) is 44.0. The van der Waals surface area contributed by atoms with E-state index in [1.807, 2.05) is 48.6 Å². The number of amidine groups is 2. The van der Waals surface area contributed by atoms with Crippen molar-refractivity contribution in [1.82, 2.24) is 4.57 Å². The van der Waals surface area contributed by atoms with E-state index in [4.69, 9.17) is 15.7 Å². The highest BCUT2D eigenvalue weighted by Crippen LogP contribution is 2.36. The Hall–Kier alpha value is -5.74. The highest BCUT2D eigenvalue weighted by atomic mass is 15.0. The van der Waals surface area contributed by atoms with Crippen LogP contribution in [0.1, 0.15) is 17.5 Å². The normalized spacial score (nSPS) is 15.2. The van der Waals surface area contributed by atoms with Gasteiger partial charge >= 0.3 is 0 Å². The zero-order valence-corrected chi connectivity index (χ0v) is 24.3. The van der Waals surface area contributed by atoms with Crippen LogP contribution in [-0.4, -0.2) is 16.2 Å². The summed E-state index contributed by atoms with van der Waals surface area (Å²) in [5.74, 6) is 1.11. The van der Waals surface area contributed by atoms with Gasteiger partial charge in [0.25, 0.3) is 0 Å². The molecule has 0 saturated heterocycles. The second-order valence-corrected chi connectivity index (χ2v) is 10.9. The third kappa shape index (κ3) is 5.18. The second kappa shape index (κ2) is 11.9. The molecular formula is C40H32N4. The number of benzene rings is 5. The predicted molar refractivity (Wildman–Crippen MR) is 186 cm³/mol. The van der Waals surface area contributed by atoms with Gasteiger partial charge in [0, 0.05) is 33.5 Å². The molecule has 1 aliphatic carbocycles. The molecule has 212 valence electrons. The molecular weight excluding hydrogens is 536 g/mol. The van der Waals surface area contributed by atoms with Crippen LogP contribution in [0.2, 0.25) is 0 Å². The van der Waals surface area contributed by atoms with Crippen LogP contribution in [-0.2, 0) is 0 Å². The number of aliphatic imine (C=N–C) groups is 2. The highest BCUT2D eigenvalue weighted by molar-refractivity contribution is 6.10. The van der Waals surface area contributed by atoms with Crippen LogP contribution in [0.3, 0.4) is 0 Å². The molecule has 0 fully saturated rings. The van der Waals surface area contributed by atoms with Crippen molar-refractivity contribution in [2.45, 2.75) is 6.42 Å². The molecule has 0 spiro atoms. The lowest BCUT2D eigenvalue weighted by molar-refractivity contribution is 0.860. The topological polar surface area (TPSA) is 55.7 Å². The predicted octanol–water partition coefficient (Wildman–Crippen LogP) is 9.36. The van der Waals surface area contributed by atoms with Crippen molar-refractivity contribution in [1.29, 1.82) is 0 Å². The van der Waals surface area contributed by atoms with Crippen LogP contribution in [0.5, 0.6) is 0 Å². The Morgan fingerprint density at radius 3 is 2.00 bits per heavy atom. The van der Waals surface area contributed by atoms with Crippen molar-refractivity contribution in [3.05, 3.63) is 169 Å². The van der Waals surface area contributed by atoms with Crippen molar-refractivity contribution in [2.75, 3.05) is 0 Å². The Kier molecular flexibility index (Phi) is 7.31. The van der Waals surface area contributed by atoms with E-state index in [9.17, 15) is 0 Å². The molecule has 6 aromatic rings. The molecule has 7 rings (SSSR count). The summed E-state index contributed by atoms with van der Waals surface area (Å²) in [6.07, 6.45) is 9.05.